The Morgan fingerprint density at radius 3 is 1.11 bits per heavy atom. The molecule has 60 valence electrons. The van der Waals surface area contributed by atoms with E-state index in [0.29, 0.717) is 6.54 Å². The molecule has 0 amide bonds. The topological polar surface area (TPSA) is 26.0 Å². The number of hydrogen-bond acceptors (Lipinski definition) is 5. The Labute approximate surface area is 98.5 Å². The predicted octanol–water partition coefficient (Wildman–Crippen LogP) is -0.914. The number of thiol groups is 4. The van der Waals surface area contributed by atoms with E-state index in [2.05, 4.69) is 6.92 Å². The van der Waals surface area contributed by atoms with E-state index in [9.17, 15) is 0 Å². The standard InChI is InChI=1S/C3H8N.Ru.4H2S/c1-2-3-4;;;;;/h1-4H2;;4*1H2/q-1;+6;;;;/p-4. The van der Waals surface area contributed by atoms with Gasteiger partial charge in [-0.25, -0.2) is 0 Å². The summed E-state index contributed by atoms with van der Waals surface area (Å²) in [6.45, 7) is 4.19. The Kier molecular flexibility index (Phi) is 249. The SMILES string of the molecule is [CH2-]CCN.[Ru+6].[SH-].[SH-].[SH-].[SH-]. The summed E-state index contributed by atoms with van der Waals surface area (Å²) < 4.78 is 0. The van der Waals surface area contributed by atoms with Gasteiger partial charge in [0, 0.05) is 0 Å². The summed E-state index contributed by atoms with van der Waals surface area (Å²) >= 11 is 0. The van der Waals surface area contributed by atoms with E-state index in [0.717, 1.165) is 6.42 Å². The maximum atomic E-state index is 4.97. The molecule has 0 radical (unpaired) electrons. The Morgan fingerprint density at radius 1 is 1.00 bits per heavy atom. The van der Waals surface area contributed by atoms with E-state index in [1.165, 1.54) is 0 Å². The van der Waals surface area contributed by atoms with Crippen LogP contribution in [0.5, 0.6) is 0 Å². The zero-order chi connectivity index (χ0) is 3.41. The van der Waals surface area contributed by atoms with Gasteiger partial charge in [0.05, 0.1) is 0 Å². The van der Waals surface area contributed by atoms with Crippen molar-refractivity contribution >= 4 is 54.0 Å². The first-order valence-electron chi connectivity index (χ1n) is 1.41. The van der Waals surface area contributed by atoms with E-state index < -0.39 is 0 Å². The first-order chi connectivity index (χ1) is 1.91. The molecule has 0 saturated carbocycles. The van der Waals surface area contributed by atoms with Gasteiger partial charge in [-0.05, 0) is 6.54 Å². The summed E-state index contributed by atoms with van der Waals surface area (Å²) in [4.78, 5) is 0. The second-order valence-corrected chi connectivity index (χ2v) is 0.642. The van der Waals surface area contributed by atoms with Crippen molar-refractivity contribution in [1.29, 1.82) is 0 Å². The molecule has 0 fully saturated rings. The van der Waals surface area contributed by atoms with Crippen LogP contribution in [0.15, 0.2) is 0 Å². The molecule has 0 aliphatic carbocycles. The first kappa shape index (κ1) is 44.1. The van der Waals surface area contributed by atoms with Crippen molar-refractivity contribution < 1.29 is 19.5 Å². The van der Waals surface area contributed by atoms with Crippen LogP contribution in [0.25, 0.3) is 0 Å². The van der Waals surface area contributed by atoms with E-state index in [4.69, 9.17) is 5.73 Å². The Morgan fingerprint density at radius 2 is 1.11 bits per heavy atom. The fourth-order valence-electron chi connectivity index (χ4n) is 0. The minimum absolute atomic E-state index is 0. The molecule has 0 aromatic heterocycles. The van der Waals surface area contributed by atoms with Crippen LogP contribution >= 0.6 is 0 Å². The van der Waals surface area contributed by atoms with Crippen LogP contribution in [-0.2, 0) is 73.5 Å². The summed E-state index contributed by atoms with van der Waals surface area (Å²) in [5.74, 6) is 0. The zero-order valence-electron chi connectivity index (χ0n) is 4.84. The molecule has 0 rings (SSSR count). The molecule has 0 unspecified atom stereocenters. The normalized spacial score (nSPS) is 3.33. The number of nitrogens with two attached hydrogens (primary N) is 1. The van der Waals surface area contributed by atoms with Crippen LogP contribution in [0, 0.1) is 6.92 Å². The van der Waals surface area contributed by atoms with Crippen LogP contribution in [-0.4, -0.2) is 6.54 Å². The van der Waals surface area contributed by atoms with Gasteiger partial charge in [-0.2, -0.15) is 6.42 Å². The fraction of sp³-hybridized carbons (Fsp3) is 0.667. The van der Waals surface area contributed by atoms with Crippen LogP contribution in [0.3, 0.4) is 0 Å². The minimum Gasteiger partial charge on any atom is -0.813 e. The largest absolute Gasteiger partial charge is 6.00 e. The summed E-state index contributed by atoms with van der Waals surface area (Å²) in [5.41, 5.74) is 4.97. The molecule has 0 spiro atoms. The molecule has 0 atom stereocenters. The van der Waals surface area contributed by atoms with E-state index >= 15 is 0 Å². The average Bonchev–Trinajstić information content (AvgIpc) is 1.37. The van der Waals surface area contributed by atoms with Crippen molar-refractivity contribution in [2.45, 2.75) is 6.42 Å². The molecule has 0 aromatic rings. The van der Waals surface area contributed by atoms with Crippen LogP contribution < -0.4 is 5.73 Å². The van der Waals surface area contributed by atoms with Crippen molar-refractivity contribution in [2.75, 3.05) is 6.54 Å². The molecule has 2 N–H and O–H groups in total. The Balaban J connectivity index is -0.00000000450. The Bertz CT molecular complexity index is 17.8. The first-order valence-corrected chi connectivity index (χ1v) is 1.41. The Hall–Kier alpha value is 1.98. The van der Waals surface area contributed by atoms with Gasteiger partial charge in [0.2, 0.25) is 0 Å². The number of rotatable bonds is 1. The van der Waals surface area contributed by atoms with Crippen molar-refractivity contribution in [3.05, 3.63) is 6.92 Å². The van der Waals surface area contributed by atoms with Crippen LogP contribution in [0.4, 0.5) is 0 Å². The molecule has 9 heavy (non-hydrogen) atoms. The van der Waals surface area contributed by atoms with Gasteiger partial charge in [0.25, 0.3) is 0 Å². The third kappa shape index (κ3) is 71.5. The molecule has 1 nitrogen and oxygen atoms in total. The number of hydrogen-bond donors (Lipinski definition) is 1. The molecule has 0 aliphatic heterocycles. The van der Waals surface area contributed by atoms with Crippen molar-refractivity contribution in [3.8, 4) is 0 Å². The predicted molar refractivity (Wildman–Crippen MR) is 54.1 cm³/mol. The quantitative estimate of drug-likeness (QED) is 0.292. The van der Waals surface area contributed by atoms with Crippen LogP contribution in [0.1, 0.15) is 6.42 Å². The fourth-order valence-corrected chi connectivity index (χ4v) is 0. The molecule has 0 heterocycles. The molecular weight excluding hydrogens is 279 g/mol. The zero-order valence-corrected chi connectivity index (χ0v) is 10.2. The van der Waals surface area contributed by atoms with E-state index in [1.54, 1.807) is 0 Å². The average molecular weight is 291 g/mol. The third-order valence-corrected chi connectivity index (χ3v) is 0.204. The summed E-state index contributed by atoms with van der Waals surface area (Å²) in [6, 6.07) is 0. The maximum absolute atomic E-state index is 4.97. The van der Waals surface area contributed by atoms with Crippen molar-refractivity contribution in [2.24, 2.45) is 5.73 Å². The molecule has 6 heteroatoms. The van der Waals surface area contributed by atoms with Crippen molar-refractivity contribution in [1.82, 2.24) is 0 Å². The smallest absolute Gasteiger partial charge is 0.813 e. The third-order valence-electron chi connectivity index (χ3n) is 0.204. The molecule has 0 aromatic carbocycles. The van der Waals surface area contributed by atoms with Gasteiger partial charge >= 0.3 is 19.5 Å². The summed E-state index contributed by atoms with van der Waals surface area (Å²) in [5, 5.41) is 0. The van der Waals surface area contributed by atoms with Gasteiger partial charge in [0.1, 0.15) is 0 Å². The van der Waals surface area contributed by atoms with Gasteiger partial charge in [-0.1, -0.05) is 0 Å². The van der Waals surface area contributed by atoms with E-state index in [1.807, 2.05) is 0 Å². The molecule has 0 aliphatic rings. The van der Waals surface area contributed by atoms with Gasteiger partial charge in [-0.3, -0.25) is 0 Å². The monoisotopic (exact) mass is 292 g/mol. The van der Waals surface area contributed by atoms with Crippen molar-refractivity contribution in [3.63, 3.8) is 0 Å². The second kappa shape index (κ2) is 50.8. The maximum Gasteiger partial charge on any atom is 6.00 e. The molecule has 0 bridgehead atoms. The van der Waals surface area contributed by atoms with Crippen LogP contribution in [0.2, 0.25) is 0 Å². The molecular formula is C3H12NRuS4+. The second-order valence-electron chi connectivity index (χ2n) is 0.642. The summed E-state index contributed by atoms with van der Waals surface area (Å²) in [6.07, 6.45) is 0.847. The van der Waals surface area contributed by atoms with E-state index in [-0.39, 0.29) is 73.5 Å². The van der Waals surface area contributed by atoms with Gasteiger partial charge in [0.15, 0.2) is 0 Å². The summed E-state index contributed by atoms with van der Waals surface area (Å²) in [7, 11) is 0. The van der Waals surface area contributed by atoms with Gasteiger partial charge < -0.3 is 66.6 Å². The van der Waals surface area contributed by atoms with Gasteiger partial charge in [-0.15, -0.1) is 0 Å². The molecule has 0 saturated heterocycles. The minimum atomic E-state index is 0.